The quantitative estimate of drug-likeness (QED) is 0.192. The maximum atomic E-state index is 12.9. The van der Waals surface area contributed by atoms with Crippen LogP contribution in [0.2, 0.25) is 0 Å². The van der Waals surface area contributed by atoms with Crippen molar-refractivity contribution in [2.75, 3.05) is 25.3 Å². The molecule has 5 aromatic rings. The number of anilines is 1. The van der Waals surface area contributed by atoms with Crippen LogP contribution in [0.1, 0.15) is 12.0 Å². The van der Waals surface area contributed by atoms with Crippen molar-refractivity contribution in [3.63, 3.8) is 0 Å². The number of rotatable bonds is 9. The molecule has 0 aliphatic heterocycles. The Balaban J connectivity index is 1.45. The van der Waals surface area contributed by atoms with E-state index in [1.807, 2.05) is 97.1 Å². The first-order valence-corrected chi connectivity index (χ1v) is 13.7. The van der Waals surface area contributed by atoms with E-state index in [1.54, 1.807) is 14.2 Å². The molecule has 0 spiro atoms. The van der Waals surface area contributed by atoms with Crippen LogP contribution < -0.4 is 14.8 Å². The van der Waals surface area contributed by atoms with Gasteiger partial charge in [0.05, 0.1) is 25.5 Å². The van der Waals surface area contributed by atoms with Crippen LogP contribution in [0.4, 0.5) is 5.69 Å². The Morgan fingerprint density at radius 3 is 2.45 bits per heavy atom. The lowest BCUT2D eigenvalue weighted by molar-refractivity contribution is -0.115. The molecule has 1 amide bonds. The largest absolute Gasteiger partial charge is 0.497 e. The van der Waals surface area contributed by atoms with Gasteiger partial charge >= 0.3 is 0 Å². The van der Waals surface area contributed by atoms with Gasteiger partial charge in [0.25, 0.3) is 0 Å². The van der Waals surface area contributed by atoms with E-state index in [1.165, 1.54) is 11.8 Å². The summed E-state index contributed by atoms with van der Waals surface area (Å²) >= 11 is 1.39. The van der Waals surface area contributed by atoms with Crippen molar-refractivity contribution in [1.29, 1.82) is 5.26 Å². The lowest BCUT2D eigenvalue weighted by Gasteiger charge is -2.16. The van der Waals surface area contributed by atoms with Crippen molar-refractivity contribution < 1.29 is 14.3 Å². The number of carbonyl (C=O) groups is 1. The molecule has 7 heteroatoms. The Bertz CT molecular complexity index is 1710. The molecular weight excluding hydrogens is 518 g/mol. The second-order valence-electron chi connectivity index (χ2n) is 8.95. The molecule has 1 N–H and O–H groups in total. The zero-order valence-electron chi connectivity index (χ0n) is 22.2. The number of carbonyl (C=O) groups excluding carboxylic acids is 1. The third kappa shape index (κ3) is 5.78. The van der Waals surface area contributed by atoms with E-state index in [0.717, 1.165) is 33.3 Å². The molecule has 6 nitrogen and oxygen atoms in total. The molecule has 0 fully saturated rings. The van der Waals surface area contributed by atoms with Crippen LogP contribution in [0.3, 0.4) is 0 Å². The number of nitriles is 1. The third-order valence-electron chi connectivity index (χ3n) is 6.50. The molecule has 0 atom stereocenters. The van der Waals surface area contributed by atoms with Gasteiger partial charge in [-0.05, 0) is 35.7 Å². The molecule has 0 saturated heterocycles. The lowest BCUT2D eigenvalue weighted by Crippen LogP contribution is -2.12. The van der Waals surface area contributed by atoms with Crippen LogP contribution in [0.15, 0.2) is 102 Å². The molecular formula is C33H27N3O3S. The van der Waals surface area contributed by atoms with Gasteiger partial charge < -0.3 is 14.8 Å². The highest BCUT2D eigenvalue weighted by atomic mass is 32.2. The molecule has 1 heterocycles. The standard InChI is InChI=1S/C33H27N3O3S/c1-38-24-15-16-31(39-2)27(19-24)26-20-30(23-10-4-3-5-11-23)36-33(28(26)21-34)40-18-17-32(37)35-29-14-8-12-22-9-6-7-13-25(22)29/h3-16,19-20H,17-18H2,1-2H3,(H,35,37). The summed E-state index contributed by atoms with van der Waals surface area (Å²) in [5.41, 5.74) is 4.27. The fraction of sp³-hybridized carbons (Fsp3) is 0.121. The summed E-state index contributed by atoms with van der Waals surface area (Å²) in [5.74, 6) is 1.62. The molecule has 0 aliphatic carbocycles. The van der Waals surface area contributed by atoms with Gasteiger partial charge in [-0.3, -0.25) is 4.79 Å². The first-order chi connectivity index (χ1) is 19.6. The van der Waals surface area contributed by atoms with Gasteiger partial charge in [-0.2, -0.15) is 5.26 Å². The zero-order valence-corrected chi connectivity index (χ0v) is 23.0. The predicted molar refractivity (Wildman–Crippen MR) is 161 cm³/mol. The minimum atomic E-state index is -0.101. The SMILES string of the molecule is COc1ccc(OC)c(-c2cc(-c3ccccc3)nc(SCCC(=O)Nc3cccc4ccccc34)c2C#N)c1. The zero-order chi connectivity index (χ0) is 27.9. The maximum Gasteiger partial charge on any atom is 0.225 e. The van der Waals surface area contributed by atoms with Gasteiger partial charge in [0.15, 0.2) is 0 Å². The van der Waals surface area contributed by atoms with E-state index >= 15 is 0 Å². The second-order valence-corrected chi connectivity index (χ2v) is 10.0. The van der Waals surface area contributed by atoms with Gasteiger partial charge in [0.1, 0.15) is 22.6 Å². The van der Waals surface area contributed by atoms with Crippen LogP contribution in [0, 0.1) is 11.3 Å². The van der Waals surface area contributed by atoms with E-state index in [0.29, 0.717) is 33.4 Å². The number of methoxy groups -OCH3 is 2. The third-order valence-corrected chi connectivity index (χ3v) is 7.47. The molecule has 1 aromatic heterocycles. The summed E-state index contributed by atoms with van der Waals surface area (Å²) in [6.45, 7) is 0. The molecule has 40 heavy (non-hydrogen) atoms. The van der Waals surface area contributed by atoms with Crippen LogP contribution in [0.5, 0.6) is 11.5 Å². The van der Waals surface area contributed by atoms with E-state index in [4.69, 9.17) is 14.5 Å². The topological polar surface area (TPSA) is 84.2 Å². The molecule has 4 aromatic carbocycles. The van der Waals surface area contributed by atoms with Crippen molar-refractivity contribution in [3.8, 4) is 40.0 Å². The Labute approximate surface area is 237 Å². The van der Waals surface area contributed by atoms with Crippen LogP contribution in [-0.2, 0) is 4.79 Å². The van der Waals surface area contributed by atoms with Crippen LogP contribution in [0.25, 0.3) is 33.2 Å². The minimum absolute atomic E-state index is 0.101. The van der Waals surface area contributed by atoms with Crippen molar-refractivity contribution >= 4 is 34.1 Å². The summed E-state index contributed by atoms with van der Waals surface area (Å²) in [5, 5.41) is 15.9. The van der Waals surface area contributed by atoms with E-state index in [2.05, 4.69) is 11.4 Å². The number of amides is 1. The predicted octanol–water partition coefficient (Wildman–Crippen LogP) is 7.58. The Morgan fingerprint density at radius 1 is 0.900 bits per heavy atom. The summed E-state index contributed by atoms with van der Waals surface area (Å²) in [7, 11) is 3.20. The highest BCUT2D eigenvalue weighted by molar-refractivity contribution is 7.99. The number of benzene rings is 4. The smallest absolute Gasteiger partial charge is 0.225 e. The molecule has 0 bridgehead atoms. The van der Waals surface area contributed by atoms with Crippen molar-refractivity contribution in [2.24, 2.45) is 0 Å². The number of hydrogen-bond acceptors (Lipinski definition) is 6. The fourth-order valence-corrected chi connectivity index (χ4v) is 5.46. The second kappa shape index (κ2) is 12.4. The number of thioether (sulfide) groups is 1. The maximum absolute atomic E-state index is 12.9. The average Bonchev–Trinajstić information content (AvgIpc) is 3.01. The van der Waals surface area contributed by atoms with Crippen molar-refractivity contribution in [2.45, 2.75) is 11.4 Å². The molecule has 0 saturated carbocycles. The molecule has 0 unspecified atom stereocenters. The lowest BCUT2D eigenvalue weighted by atomic mass is 9.98. The van der Waals surface area contributed by atoms with Crippen LogP contribution >= 0.6 is 11.8 Å². The Hall–Kier alpha value is -4.80. The molecule has 0 aliphatic rings. The van der Waals surface area contributed by atoms with E-state index < -0.39 is 0 Å². The number of aromatic nitrogens is 1. The van der Waals surface area contributed by atoms with Crippen LogP contribution in [-0.4, -0.2) is 30.9 Å². The summed E-state index contributed by atoms with van der Waals surface area (Å²) in [4.78, 5) is 17.7. The summed E-state index contributed by atoms with van der Waals surface area (Å²) in [6.07, 6.45) is 0.258. The van der Waals surface area contributed by atoms with E-state index in [9.17, 15) is 10.1 Å². The normalized spacial score (nSPS) is 10.6. The first kappa shape index (κ1) is 26.8. The van der Waals surface area contributed by atoms with Crippen molar-refractivity contribution in [3.05, 3.63) is 103 Å². The Morgan fingerprint density at radius 2 is 1.68 bits per heavy atom. The number of hydrogen-bond donors (Lipinski definition) is 1. The van der Waals surface area contributed by atoms with Gasteiger partial charge in [0.2, 0.25) is 5.91 Å². The highest BCUT2D eigenvalue weighted by Crippen LogP contribution is 2.40. The van der Waals surface area contributed by atoms with Gasteiger partial charge in [-0.15, -0.1) is 11.8 Å². The molecule has 5 rings (SSSR count). The summed E-state index contributed by atoms with van der Waals surface area (Å²) < 4.78 is 11.1. The highest BCUT2D eigenvalue weighted by Gasteiger charge is 2.19. The fourth-order valence-electron chi connectivity index (χ4n) is 4.52. The van der Waals surface area contributed by atoms with Gasteiger partial charge in [-0.1, -0.05) is 66.7 Å². The number of nitrogens with zero attached hydrogens (tertiary/aromatic N) is 2. The number of nitrogens with one attached hydrogen (secondary N) is 1. The number of ether oxygens (including phenoxy) is 2. The molecule has 198 valence electrons. The average molecular weight is 546 g/mol. The number of pyridine rings is 1. The van der Waals surface area contributed by atoms with E-state index in [-0.39, 0.29) is 12.3 Å². The van der Waals surface area contributed by atoms with Gasteiger partial charge in [-0.25, -0.2) is 4.98 Å². The Kier molecular flexibility index (Phi) is 8.29. The first-order valence-electron chi connectivity index (χ1n) is 12.7. The number of fused-ring (bicyclic) bond motifs is 1. The van der Waals surface area contributed by atoms with Crippen molar-refractivity contribution in [1.82, 2.24) is 4.98 Å². The monoisotopic (exact) mass is 545 g/mol. The minimum Gasteiger partial charge on any atom is -0.497 e. The van der Waals surface area contributed by atoms with Gasteiger partial charge in [0, 0.05) is 39.9 Å². The summed E-state index contributed by atoms with van der Waals surface area (Å²) in [6, 6.07) is 33.3. The molecule has 0 radical (unpaired) electrons.